The first-order valence-corrected chi connectivity index (χ1v) is 5.72. The van der Waals surface area contributed by atoms with Crippen LogP contribution in [0.25, 0.3) is 0 Å². The third-order valence-corrected chi connectivity index (χ3v) is 2.61. The maximum Gasteiger partial charge on any atom is 0.288 e. The summed E-state index contributed by atoms with van der Waals surface area (Å²) in [4.78, 5) is 32.5. The molecule has 0 radical (unpaired) electrons. The molecule has 7 nitrogen and oxygen atoms in total. The third-order valence-electron chi connectivity index (χ3n) is 2.29. The quantitative estimate of drug-likeness (QED) is 0.625. The predicted octanol–water partition coefficient (Wildman–Crippen LogP) is 1.24. The zero-order chi connectivity index (χ0) is 14.6. The Kier molecular flexibility index (Phi) is 4.82. The number of nitrogens with two attached hydrogens (primary N) is 1. The van der Waals surface area contributed by atoms with Crippen molar-refractivity contribution in [3.8, 4) is 0 Å². The van der Waals surface area contributed by atoms with E-state index < -0.39 is 22.8 Å². The summed E-state index contributed by atoms with van der Waals surface area (Å²) < 4.78 is 0. The molecule has 8 heteroatoms. The van der Waals surface area contributed by atoms with Crippen molar-refractivity contribution in [1.29, 1.82) is 0 Å². The van der Waals surface area contributed by atoms with E-state index in [1.54, 1.807) is 6.92 Å². The average Bonchev–Trinajstić information content (AvgIpc) is 2.27. The predicted molar refractivity (Wildman–Crippen MR) is 68.8 cm³/mol. The Morgan fingerprint density at radius 3 is 2.68 bits per heavy atom. The topological polar surface area (TPSA) is 115 Å². The number of nitrogens with zero attached hydrogens (tertiary/aromatic N) is 1. The third kappa shape index (κ3) is 4.22. The highest BCUT2D eigenvalue weighted by Gasteiger charge is 2.17. The monoisotopic (exact) mass is 285 g/mol. The van der Waals surface area contributed by atoms with Crippen LogP contribution in [0.4, 0.5) is 5.69 Å². The molecule has 0 saturated heterocycles. The van der Waals surface area contributed by atoms with Gasteiger partial charge in [-0.15, -0.1) is 0 Å². The molecule has 0 saturated carbocycles. The second-order valence-corrected chi connectivity index (χ2v) is 4.38. The molecule has 102 valence electrons. The van der Waals surface area contributed by atoms with E-state index >= 15 is 0 Å². The van der Waals surface area contributed by atoms with Crippen LogP contribution < -0.4 is 11.1 Å². The van der Waals surface area contributed by atoms with Crippen molar-refractivity contribution >= 4 is 29.1 Å². The number of primary amides is 1. The molecule has 0 aliphatic heterocycles. The van der Waals surface area contributed by atoms with E-state index in [1.807, 2.05) is 0 Å². The van der Waals surface area contributed by atoms with E-state index in [9.17, 15) is 19.7 Å². The SMILES string of the molecule is CC(CC(N)=O)NC(=O)c1ccc(Cl)c([N+](=O)[O-])c1. The first-order valence-electron chi connectivity index (χ1n) is 5.34. The van der Waals surface area contributed by atoms with Crippen molar-refractivity contribution in [1.82, 2.24) is 5.32 Å². The highest BCUT2D eigenvalue weighted by molar-refractivity contribution is 6.32. The number of amides is 2. The lowest BCUT2D eigenvalue weighted by molar-refractivity contribution is -0.384. The van der Waals surface area contributed by atoms with E-state index in [0.717, 1.165) is 6.07 Å². The van der Waals surface area contributed by atoms with Gasteiger partial charge in [-0.25, -0.2) is 0 Å². The second-order valence-electron chi connectivity index (χ2n) is 3.97. The molecule has 0 bridgehead atoms. The van der Waals surface area contributed by atoms with Gasteiger partial charge in [0.15, 0.2) is 0 Å². The van der Waals surface area contributed by atoms with Crippen LogP contribution in [0.2, 0.25) is 5.02 Å². The summed E-state index contributed by atoms with van der Waals surface area (Å²) in [5.41, 5.74) is 4.73. The molecule has 1 aromatic carbocycles. The molecular weight excluding hydrogens is 274 g/mol. The molecule has 0 heterocycles. The van der Waals surface area contributed by atoms with Crippen LogP contribution in [0.5, 0.6) is 0 Å². The summed E-state index contributed by atoms with van der Waals surface area (Å²) in [7, 11) is 0. The zero-order valence-electron chi connectivity index (χ0n) is 10.1. The summed E-state index contributed by atoms with van der Waals surface area (Å²) in [5.74, 6) is -1.08. The maximum atomic E-state index is 11.8. The van der Waals surface area contributed by atoms with Crippen LogP contribution >= 0.6 is 11.6 Å². The Labute approximate surface area is 113 Å². The van der Waals surface area contributed by atoms with Gasteiger partial charge in [0.05, 0.1) is 4.92 Å². The van der Waals surface area contributed by atoms with Gasteiger partial charge in [0.25, 0.3) is 11.6 Å². The van der Waals surface area contributed by atoms with Gasteiger partial charge in [-0.2, -0.15) is 0 Å². The summed E-state index contributed by atoms with van der Waals surface area (Å²) in [6.45, 7) is 1.60. The average molecular weight is 286 g/mol. The molecule has 0 aromatic heterocycles. The smallest absolute Gasteiger partial charge is 0.288 e. The normalized spacial score (nSPS) is 11.7. The number of carbonyl (C=O) groups excluding carboxylic acids is 2. The number of nitrogens with one attached hydrogen (secondary N) is 1. The number of hydrogen-bond donors (Lipinski definition) is 2. The first-order chi connectivity index (χ1) is 8.81. The molecule has 2 amide bonds. The van der Waals surface area contributed by atoms with Gasteiger partial charge in [0, 0.05) is 24.1 Å². The molecule has 0 spiro atoms. The fourth-order valence-electron chi connectivity index (χ4n) is 1.45. The summed E-state index contributed by atoms with van der Waals surface area (Å²) >= 11 is 5.64. The number of nitro groups is 1. The lowest BCUT2D eigenvalue weighted by atomic mass is 10.1. The lowest BCUT2D eigenvalue weighted by Crippen LogP contribution is -2.35. The van der Waals surface area contributed by atoms with Crippen molar-refractivity contribution in [2.45, 2.75) is 19.4 Å². The molecule has 1 aromatic rings. The molecule has 1 rings (SSSR count). The minimum atomic E-state index is -0.675. The molecule has 1 atom stereocenters. The first kappa shape index (κ1) is 14.9. The van der Waals surface area contributed by atoms with Crippen LogP contribution in [-0.4, -0.2) is 22.8 Å². The maximum absolute atomic E-state index is 11.8. The van der Waals surface area contributed by atoms with E-state index in [-0.39, 0.29) is 22.7 Å². The van der Waals surface area contributed by atoms with Crippen molar-refractivity contribution < 1.29 is 14.5 Å². The minimum Gasteiger partial charge on any atom is -0.370 e. The van der Waals surface area contributed by atoms with Gasteiger partial charge in [-0.3, -0.25) is 19.7 Å². The molecule has 3 N–H and O–H groups in total. The van der Waals surface area contributed by atoms with E-state index in [4.69, 9.17) is 17.3 Å². The Hall–Kier alpha value is -2.15. The van der Waals surface area contributed by atoms with Crippen molar-refractivity contribution in [3.63, 3.8) is 0 Å². The van der Waals surface area contributed by atoms with Gasteiger partial charge in [-0.05, 0) is 19.1 Å². The highest BCUT2D eigenvalue weighted by atomic mass is 35.5. The van der Waals surface area contributed by atoms with E-state index in [0.29, 0.717) is 0 Å². The Morgan fingerprint density at radius 1 is 1.53 bits per heavy atom. The van der Waals surface area contributed by atoms with Gasteiger partial charge in [0.1, 0.15) is 5.02 Å². The number of hydrogen-bond acceptors (Lipinski definition) is 4. The van der Waals surface area contributed by atoms with Crippen molar-refractivity contribution in [3.05, 3.63) is 38.9 Å². The zero-order valence-corrected chi connectivity index (χ0v) is 10.8. The van der Waals surface area contributed by atoms with Crippen LogP contribution in [-0.2, 0) is 4.79 Å². The minimum absolute atomic E-state index is 0.0125. The summed E-state index contributed by atoms with van der Waals surface area (Å²) in [5, 5.41) is 13.2. The summed E-state index contributed by atoms with van der Waals surface area (Å²) in [6.07, 6.45) is -0.0125. The number of rotatable bonds is 5. The number of halogens is 1. The largest absolute Gasteiger partial charge is 0.370 e. The second kappa shape index (κ2) is 6.14. The molecule has 19 heavy (non-hydrogen) atoms. The fourth-order valence-corrected chi connectivity index (χ4v) is 1.64. The van der Waals surface area contributed by atoms with Crippen LogP contribution in [0.3, 0.4) is 0 Å². The number of benzene rings is 1. The van der Waals surface area contributed by atoms with Crippen LogP contribution in [0.1, 0.15) is 23.7 Å². The molecule has 0 aliphatic carbocycles. The summed E-state index contributed by atoms with van der Waals surface area (Å²) in [6, 6.07) is 3.25. The van der Waals surface area contributed by atoms with Crippen LogP contribution in [0.15, 0.2) is 18.2 Å². The lowest BCUT2D eigenvalue weighted by Gasteiger charge is -2.11. The molecular formula is C11H12ClN3O4. The van der Waals surface area contributed by atoms with E-state index in [1.165, 1.54) is 12.1 Å². The Balaban J connectivity index is 2.86. The fraction of sp³-hybridized carbons (Fsp3) is 0.273. The van der Waals surface area contributed by atoms with E-state index in [2.05, 4.69) is 5.32 Å². The Bertz CT molecular complexity index is 533. The molecule has 0 aliphatic rings. The van der Waals surface area contributed by atoms with Gasteiger partial charge in [-0.1, -0.05) is 11.6 Å². The van der Waals surface area contributed by atoms with Crippen molar-refractivity contribution in [2.75, 3.05) is 0 Å². The van der Waals surface area contributed by atoms with Gasteiger partial charge < -0.3 is 11.1 Å². The van der Waals surface area contributed by atoms with Crippen molar-refractivity contribution in [2.24, 2.45) is 5.73 Å². The van der Waals surface area contributed by atoms with Gasteiger partial charge >= 0.3 is 0 Å². The van der Waals surface area contributed by atoms with Crippen LogP contribution in [0, 0.1) is 10.1 Å². The number of nitro benzene ring substituents is 1. The molecule has 1 unspecified atom stereocenters. The molecule has 0 fully saturated rings. The Morgan fingerprint density at radius 2 is 2.16 bits per heavy atom. The van der Waals surface area contributed by atoms with Gasteiger partial charge in [0.2, 0.25) is 5.91 Å². The standard InChI is InChI=1S/C11H12ClN3O4/c1-6(4-10(13)16)14-11(17)7-2-3-8(12)9(5-7)15(18)19/h2-3,5-6H,4H2,1H3,(H2,13,16)(H,14,17). The highest BCUT2D eigenvalue weighted by Crippen LogP contribution is 2.25. The number of carbonyl (C=O) groups is 2.